The number of hydrogen-bond acceptors (Lipinski definition) is 3. The molecule has 106 valence electrons. The Morgan fingerprint density at radius 3 is 2.37 bits per heavy atom. The van der Waals surface area contributed by atoms with Crippen molar-refractivity contribution in [3.63, 3.8) is 0 Å². The molecule has 0 radical (unpaired) electrons. The van der Waals surface area contributed by atoms with Gasteiger partial charge in [0.1, 0.15) is 12.4 Å². The normalized spacial score (nSPS) is 11.3. The minimum absolute atomic E-state index is 0.104. The van der Waals surface area contributed by atoms with Crippen LogP contribution in [-0.2, 0) is 16.8 Å². The molecule has 0 fully saturated rings. The quantitative estimate of drug-likeness (QED) is 0.843. The maximum atomic E-state index is 10.1. The van der Waals surface area contributed by atoms with Crippen LogP contribution in [0.3, 0.4) is 0 Å². The highest BCUT2D eigenvalue weighted by molar-refractivity contribution is 7.79. The maximum Gasteiger partial charge on any atom is 0.259 e. The highest BCUT2D eigenvalue weighted by atomic mass is 32.1. The van der Waals surface area contributed by atoms with E-state index in [0.29, 0.717) is 17.5 Å². The van der Waals surface area contributed by atoms with Gasteiger partial charge in [0.15, 0.2) is 0 Å². The number of aryl methyl sites for hydroxylation is 1. The standard InChI is InChI=1S/C15H23NO2S/c1-10-7-11(9-18-14(19)16(5)6)8-12(13(10)17)15(2,3)4/h7-8,17H,9H2,1-6H3. The molecule has 0 unspecified atom stereocenters. The van der Waals surface area contributed by atoms with Gasteiger partial charge in [0.25, 0.3) is 5.17 Å². The van der Waals surface area contributed by atoms with Crippen molar-refractivity contribution >= 4 is 17.4 Å². The zero-order chi connectivity index (χ0) is 14.8. The van der Waals surface area contributed by atoms with E-state index in [0.717, 1.165) is 16.7 Å². The molecule has 0 aliphatic rings. The molecule has 0 saturated carbocycles. The number of thiocarbonyl (C=S) groups is 1. The van der Waals surface area contributed by atoms with Crippen LogP contribution in [-0.4, -0.2) is 29.3 Å². The topological polar surface area (TPSA) is 32.7 Å². The number of aromatic hydroxyl groups is 1. The van der Waals surface area contributed by atoms with E-state index in [1.165, 1.54) is 0 Å². The second kappa shape index (κ2) is 5.78. The van der Waals surface area contributed by atoms with Gasteiger partial charge in [-0.25, -0.2) is 0 Å². The average Bonchev–Trinajstić information content (AvgIpc) is 2.28. The predicted molar refractivity (Wildman–Crippen MR) is 82.6 cm³/mol. The van der Waals surface area contributed by atoms with Crippen LogP contribution in [0.2, 0.25) is 0 Å². The molecule has 0 saturated heterocycles. The van der Waals surface area contributed by atoms with Gasteiger partial charge >= 0.3 is 0 Å². The van der Waals surface area contributed by atoms with Gasteiger partial charge in [-0.15, -0.1) is 0 Å². The number of phenolic OH excluding ortho intramolecular Hbond substituents is 1. The second-order valence-corrected chi connectivity index (χ2v) is 6.36. The first kappa shape index (κ1) is 15.8. The van der Waals surface area contributed by atoms with Crippen LogP contribution in [0, 0.1) is 6.92 Å². The highest BCUT2D eigenvalue weighted by Crippen LogP contribution is 2.34. The average molecular weight is 281 g/mol. The Balaban J connectivity index is 2.98. The van der Waals surface area contributed by atoms with Crippen molar-refractivity contribution in [1.82, 2.24) is 4.90 Å². The molecule has 0 spiro atoms. The summed E-state index contributed by atoms with van der Waals surface area (Å²) in [5.74, 6) is 0.367. The van der Waals surface area contributed by atoms with Crippen LogP contribution in [0.25, 0.3) is 0 Å². The molecule has 1 aromatic rings. The number of rotatable bonds is 2. The molecule has 3 nitrogen and oxygen atoms in total. The summed E-state index contributed by atoms with van der Waals surface area (Å²) in [5, 5.41) is 10.6. The van der Waals surface area contributed by atoms with Crippen LogP contribution >= 0.6 is 12.2 Å². The number of ether oxygens (including phenoxy) is 1. The van der Waals surface area contributed by atoms with E-state index in [9.17, 15) is 5.11 Å². The van der Waals surface area contributed by atoms with Crippen molar-refractivity contribution in [2.75, 3.05) is 14.1 Å². The molecule has 0 aliphatic heterocycles. The molecular weight excluding hydrogens is 258 g/mol. The van der Waals surface area contributed by atoms with Gasteiger partial charge in [-0.1, -0.05) is 20.8 Å². The van der Waals surface area contributed by atoms with Crippen LogP contribution in [0.4, 0.5) is 0 Å². The Morgan fingerprint density at radius 2 is 1.89 bits per heavy atom. The van der Waals surface area contributed by atoms with Crippen molar-refractivity contribution in [3.05, 3.63) is 28.8 Å². The zero-order valence-electron chi connectivity index (χ0n) is 12.6. The Bertz CT molecular complexity index is 476. The third-order valence-corrected chi connectivity index (χ3v) is 3.38. The van der Waals surface area contributed by atoms with E-state index in [1.807, 2.05) is 33.2 Å². The van der Waals surface area contributed by atoms with Crippen molar-refractivity contribution in [1.29, 1.82) is 0 Å². The van der Waals surface area contributed by atoms with Gasteiger partial charge in [-0.3, -0.25) is 0 Å². The number of nitrogens with zero attached hydrogens (tertiary/aromatic N) is 1. The van der Waals surface area contributed by atoms with Crippen molar-refractivity contribution in [3.8, 4) is 5.75 Å². The van der Waals surface area contributed by atoms with Crippen molar-refractivity contribution < 1.29 is 9.84 Å². The maximum absolute atomic E-state index is 10.1. The lowest BCUT2D eigenvalue weighted by molar-refractivity contribution is 0.257. The summed E-state index contributed by atoms with van der Waals surface area (Å²) in [4.78, 5) is 1.76. The molecule has 1 N–H and O–H groups in total. The van der Waals surface area contributed by atoms with Crippen LogP contribution in [0.1, 0.15) is 37.5 Å². The molecule has 4 heteroatoms. The van der Waals surface area contributed by atoms with Crippen molar-refractivity contribution in [2.24, 2.45) is 0 Å². The Kier molecular flexibility index (Phi) is 4.80. The summed E-state index contributed by atoms with van der Waals surface area (Å²) in [5.41, 5.74) is 2.71. The summed E-state index contributed by atoms with van der Waals surface area (Å²) in [7, 11) is 3.70. The first-order valence-electron chi connectivity index (χ1n) is 6.30. The van der Waals surface area contributed by atoms with E-state index < -0.39 is 0 Å². The smallest absolute Gasteiger partial charge is 0.259 e. The van der Waals surface area contributed by atoms with Gasteiger partial charge in [-0.05, 0) is 53.4 Å². The van der Waals surface area contributed by atoms with Crippen LogP contribution < -0.4 is 0 Å². The van der Waals surface area contributed by atoms with E-state index in [-0.39, 0.29) is 5.41 Å². The third-order valence-electron chi connectivity index (χ3n) is 2.90. The van der Waals surface area contributed by atoms with Crippen LogP contribution in [0.5, 0.6) is 5.75 Å². The Labute approximate surface area is 121 Å². The lowest BCUT2D eigenvalue weighted by Gasteiger charge is -2.23. The molecule has 0 atom stereocenters. The minimum Gasteiger partial charge on any atom is -0.507 e. The van der Waals surface area contributed by atoms with Crippen LogP contribution in [0.15, 0.2) is 12.1 Å². The highest BCUT2D eigenvalue weighted by Gasteiger charge is 2.20. The summed E-state index contributed by atoms with van der Waals surface area (Å²) >= 11 is 5.10. The molecular formula is C15H23NO2S. The van der Waals surface area contributed by atoms with E-state index in [4.69, 9.17) is 17.0 Å². The number of benzene rings is 1. The van der Waals surface area contributed by atoms with Gasteiger partial charge in [-0.2, -0.15) is 0 Å². The lowest BCUT2D eigenvalue weighted by atomic mass is 9.84. The van der Waals surface area contributed by atoms with Gasteiger partial charge < -0.3 is 14.7 Å². The fourth-order valence-electron chi connectivity index (χ4n) is 1.78. The molecule has 0 bridgehead atoms. The summed E-state index contributed by atoms with van der Waals surface area (Å²) < 4.78 is 5.53. The van der Waals surface area contributed by atoms with Crippen molar-refractivity contribution in [2.45, 2.75) is 39.7 Å². The SMILES string of the molecule is Cc1cc(COC(=S)N(C)C)cc(C(C)(C)C)c1O. The van der Waals surface area contributed by atoms with Gasteiger partial charge in [0.05, 0.1) is 0 Å². The summed E-state index contributed by atoms with van der Waals surface area (Å²) in [6.07, 6.45) is 0. The molecule has 1 rings (SSSR count). The summed E-state index contributed by atoms with van der Waals surface area (Å²) in [6, 6.07) is 3.92. The zero-order valence-corrected chi connectivity index (χ0v) is 13.4. The lowest BCUT2D eigenvalue weighted by Crippen LogP contribution is -2.22. The monoisotopic (exact) mass is 281 g/mol. The predicted octanol–water partition coefficient (Wildman–Crippen LogP) is 3.36. The molecule has 0 heterocycles. The Morgan fingerprint density at radius 1 is 1.32 bits per heavy atom. The first-order valence-corrected chi connectivity index (χ1v) is 6.71. The first-order chi connectivity index (χ1) is 8.62. The van der Waals surface area contributed by atoms with Gasteiger partial charge in [0.2, 0.25) is 0 Å². The van der Waals surface area contributed by atoms with E-state index >= 15 is 0 Å². The Hall–Kier alpha value is -1.29. The fourth-order valence-corrected chi connectivity index (χ4v) is 1.84. The number of hydrogen-bond donors (Lipinski definition) is 1. The largest absolute Gasteiger partial charge is 0.507 e. The van der Waals surface area contributed by atoms with E-state index in [1.54, 1.807) is 4.90 Å². The molecule has 1 aromatic carbocycles. The molecule has 19 heavy (non-hydrogen) atoms. The minimum atomic E-state index is -0.104. The van der Waals surface area contributed by atoms with E-state index in [2.05, 4.69) is 20.8 Å². The third kappa shape index (κ3) is 4.10. The van der Waals surface area contributed by atoms with Gasteiger partial charge in [0, 0.05) is 14.1 Å². The second-order valence-electron chi connectivity index (χ2n) is 6.01. The molecule has 0 aromatic heterocycles. The number of phenols is 1. The molecule has 0 amide bonds. The summed E-state index contributed by atoms with van der Waals surface area (Å²) in [6.45, 7) is 8.56. The fraction of sp³-hybridized carbons (Fsp3) is 0.533. The molecule has 0 aliphatic carbocycles.